The van der Waals surface area contributed by atoms with Crippen molar-refractivity contribution in [2.24, 2.45) is 5.73 Å². The van der Waals surface area contributed by atoms with Crippen LogP contribution in [0, 0.1) is 0 Å². The zero-order valence-corrected chi connectivity index (χ0v) is 16.6. The second-order valence-electron chi connectivity index (χ2n) is 6.45. The predicted molar refractivity (Wildman–Crippen MR) is 121 cm³/mol. The Hall–Kier alpha value is -3.97. The Kier molecular flexibility index (Phi) is 5.54. The number of anilines is 2. The van der Waals surface area contributed by atoms with Gasteiger partial charge in [-0.25, -0.2) is 9.78 Å². The molecule has 4 aromatic rings. The molecule has 3 amide bonds. The third kappa shape index (κ3) is 4.37. The molecule has 0 atom stereocenters. The van der Waals surface area contributed by atoms with Crippen LogP contribution >= 0.6 is 11.3 Å². The Bertz CT molecular complexity index is 1170. The van der Waals surface area contributed by atoms with E-state index in [0.717, 1.165) is 16.1 Å². The van der Waals surface area contributed by atoms with Gasteiger partial charge in [-0.3, -0.25) is 4.79 Å². The van der Waals surface area contributed by atoms with Crippen molar-refractivity contribution in [3.63, 3.8) is 0 Å². The summed E-state index contributed by atoms with van der Waals surface area (Å²) in [6, 6.07) is 25.5. The summed E-state index contributed by atoms with van der Waals surface area (Å²) < 4.78 is 0. The van der Waals surface area contributed by atoms with Gasteiger partial charge in [0.1, 0.15) is 9.88 Å². The normalized spacial score (nSPS) is 10.4. The number of nitrogens with two attached hydrogens (primary N) is 1. The van der Waals surface area contributed by atoms with Gasteiger partial charge in [0.2, 0.25) is 0 Å². The molecule has 0 saturated carbocycles. The topological polar surface area (TPSA) is 97.1 Å². The van der Waals surface area contributed by atoms with E-state index in [4.69, 9.17) is 10.7 Å². The number of carbonyl (C=O) groups excluding carboxylic acids is 2. The molecule has 0 fully saturated rings. The standard InChI is InChI=1S/C23H18N4O2S/c24-23(29)26-18-13-11-17(12-14-18)25-21(28)20-19(15-7-3-1-4-8-15)27-22(30-20)16-9-5-2-6-10-16/h1-14H,(H,25,28)(H3,24,26,29). The van der Waals surface area contributed by atoms with E-state index in [9.17, 15) is 9.59 Å². The molecule has 0 saturated heterocycles. The molecular formula is C23H18N4O2S. The van der Waals surface area contributed by atoms with Crippen molar-refractivity contribution in [2.45, 2.75) is 0 Å². The highest BCUT2D eigenvalue weighted by atomic mass is 32.1. The second kappa shape index (κ2) is 8.59. The van der Waals surface area contributed by atoms with Crippen LogP contribution in [-0.2, 0) is 0 Å². The lowest BCUT2D eigenvalue weighted by molar-refractivity contribution is 0.103. The predicted octanol–water partition coefficient (Wildman–Crippen LogP) is 5.22. The smallest absolute Gasteiger partial charge is 0.316 e. The molecule has 0 aliphatic heterocycles. The number of aromatic nitrogens is 1. The molecule has 7 heteroatoms. The minimum absolute atomic E-state index is 0.246. The maximum atomic E-state index is 13.1. The fourth-order valence-electron chi connectivity index (χ4n) is 2.94. The molecule has 0 spiro atoms. The number of benzene rings is 3. The third-order valence-corrected chi connectivity index (χ3v) is 5.41. The molecule has 0 bridgehead atoms. The second-order valence-corrected chi connectivity index (χ2v) is 7.45. The lowest BCUT2D eigenvalue weighted by atomic mass is 10.1. The number of hydrogen-bond acceptors (Lipinski definition) is 4. The van der Waals surface area contributed by atoms with E-state index < -0.39 is 6.03 Å². The van der Waals surface area contributed by atoms with Crippen molar-refractivity contribution in [3.05, 3.63) is 89.8 Å². The monoisotopic (exact) mass is 414 g/mol. The van der Waals surface area contributed by atoms with Crippen molar-refractivity contribution in [1.82, 2.24) is 4.98 Å². The average molecular weight is 414 g/mol. The first-order chi connectivity index (χ1) is 14.6. The lowest BCUT2D eigenvalue weighted by Crippen LogP contribution is -2.19. The number of thiazole rings is 1. The van der Waals surface area contributed by atoms with E-state index in [1.54, 1.807) is 24.3 Å². The van der Waals surface area contributed by atoms with Gasteiger partial charge in [0.25, 0.3) is 5.91 Å². The molecule has 148 valence electrons. The van der Waals surface area contributed by atoms with Gasteiger partial charge in [-0.1, -0.05) is 60.7 Å². The molecule has 4 rings (SSSR count). The number of rotatable bonds is 5. The molecule has 30 heavy (non-hydrogen) atoms. The number of amides is 3. The Morgan fingerprint density at radius 2 is 1.27 bits per heavy atom. The quantitative estimate of drug-likeness (QED) is 0.418. The fraction of sp³-hybridized carbons (Fsp3) is 0. The molecule has 4 N–H and O–H groups in total. The van der Waals surface area contributed by atoms with E-state index in [2.05, 4.69) is 10.6 Å². The van der Waals surface area contributed by atoms with E-state index in [1.807, 2.05) is 60.7 Å². The van der Waals surface area contributed by atoms with Crippen molar-refractivity contribution in [1.29, 1.82) is 0 Å². The summed E-state index contributed by atoms with van der Waals surface area (Å²) in [6.45, 7) is 0. The largest absolute Gasteiger partial charge is 0.351 e. The van der Waals surface area contributed by atoms with E-state index in [1.165, 1.54) is 11.3 Å². The van der Waals surface area contributed by atoms with Crippen molar-refractivity contribution < 1.29 is 9.59 Å². The van der Waals surface area contributed by atoms with Crippen LogP contribution in [0.2, 0.25) is 0 Å². The van der Waals surface area contributed by atoms with Crippen LogP contribution in [0.15, 0.2) is 84.9 Å². The summed E-state index contributed by atoms with van der Waals surface area (Å²) in [5.41, 5.74) is 8.75. The highest BCUT2D eigenvalue weighted by Gasteiger charge is 2.20. The van der Waals surface area contributed by atoms with E-state index in [0.29, 0.717) is 21.9 Å². The van der Waals surface area contributed by atoms with Crippen LogP contribution in [0.3, 0.4) is 0 Å². The Morgan fingerprint density at radius 1 is 0.733 bits per heavy atom. The number of nitrogens with zero attached hydrogens (tertiary/aromatic N) is 1. The van der Waals surface area contributed by atoms with Gasteiger partial charge in [0.15, 0.2) is 0 Å². The highest BCUT2D eigenvalue weighted by Crippen LogP contribution is 2.34. The van der Waals surface area contributed by atoms with Crippen LogP contribution < -0.4 is 16.4 Å². The molecule has 1 aromatic heterocycles. The minimum atomic E-state index is -0.641. The number of carbonyl (C=O) groups is 2. The Morgan fingerprint density at radius 3 is 1.83 bits per heavy atom. The van der Waals surface area contributed by atoms with Gasteiger partial charge >= 0.3 is 6.03 Å². The molecule has 0 aliphatic carbocycles. The highest BCUT2D eigenvalue weighted by molar-refractivity contribution is 7.17. The summed E-state index contributed by atoms with van der Waals surface area (Å²) in [4.78, 5) is 29.3. The maximum absolute atomic E-state index is 13.1. The number of primary amides is 1. The van der Waals surface area contributed by atoms with Gasteiger partial charge < -0.3 is 16.4 Å². The Balaban J connectivity index is 1.65. The fourth-order valence-corrected chi connectivity index (χ4v) is 3.93. The van der Waals surface area contributed by atoms with Crippen molar-refractivity contribution in [3.8, 4) is 21.8 Å². The number of hydrogen-bond donors (Lipinski definition) is 3. The lowest BCUT2D eigenvalue weighted by Gasteiger charge is -2.07. The Labute approximate surface area is 177 Å². The SMILES string of the molecule is NC(=O)Nc1ccc(NC(=O)c2sc(-c3ccccc3)nc2-c2ccccc2)cc1. The first kappa shape index (κ1) is 19.4. The maximum Gasteiger partial charge on any atom is 0.316 e. The van der Waals surface area contributed by atoms with Crippen LogP contribution in [0.4, 0.5) is 16.2 Å². The summed E-state index contributed by atoms with van der Waals surface area (Å²) in [5, 5.41) is 6.17. The van der Waals surface area contributed by atoms with Crippen LogP contribution in [0.25, 0.3) is 21.8 Å². The van der Waals surface area contributed by atoms with Crippen LogP contribution in [-0.4, -0.2) is 16.9 Å². The van der Waals surface area contributed by atoms with E-state index in [-0.39, 0.29) is 5.91 Å². The molecule has 3 aromatic carbocycles. The third-order valence-electron chi connectivity index (χ3n) is 4.31. The summed E-state index contributed by atoms with van der Waals surface area (Å²) >= 11 is 1.35. The first-order valence-electron chi connectivity index (χ1n) is 9.20. The molecule has 0 unspecified atom stereocenters. The number of urea groups is 1. The van der Waals surface area contributed by atoms with Crippen molar-refractivity contribution in [2.75, 3.05) is 10.6 Å². The first-order valence-corrected chi connectivity index (χ1v) is 10.0. The summed E-state index contributed by atoms with van der Waals surface area (Å²) in [7, 11) is 0. The zero-order valence-electron chi connectivity index (χ0n) is 15.8. The zero-order chi connectivity index (χ0) is 20.9. The van der Waals surface area contributed by atoms with Gasteiger partial charge in [0, 0.05) is 22.5 Å². The van der Waals surface area contributed by atoms with Crippen molar-refractivity contribution >= 4 is 34.6 Å². The number of nitrogens with one attached hydrogen (secondary N) is 2. The van der Waals surface area contributed by atoms with Gasteiger partial charge in [-0.2, -0.15) is 0 Å². The van der Waals surface area contributed by atoms with Crippen LogP contribution in [0.5, 0.6) is 0 Å². The van der Waals surface area contributed by atoms with Gasteiger partial charge in [0.05, 0.1) is 5.69 Å². The molecule has 0 aliphatic rings. The van der Waals surface area contributed by atoms with E-state index >= 15 is 0 Å². The molecule has 1 heterocycles. The summed E-state index contributed by atoms with van der Waals surface area (Å²) in [5.74, 6) is -0.246. The molecular weight excluding hydrogens is 396 g/mol. The average Bonchev–Trinajstić information content (AvgIpc) is 3.22. The van der Waals surface area contributed by atoms with Gasteiger partial charge in [-0.05, 0) is 24.3 Å². The molecule has 6 nitrogen and oxygen atoms in total. The van der Waals surface area contributed by atoms with Crippen LogP contribution in [0.1, 0.15) is 9.67 Å². The van der Waals surface area contributed by atoms with Gasteiger partial charge in [-0.15, -0.1) is 11.3 Å². The summed E-state index contributed by atoms with van der Waals surface area (Å²) in [6.07, 6.45) is 0. The minimum Gasteiger partial charge on any atom is -0.351 e. The molecule has 0 radical (unpaired) electrons.